The molecule has 0 aliphatic heterocycles. The Labute approximate surface area is 156 Å². The van der Waals surface area contributed by atoms with Crippen LogP contribution in [-0.2, 0) is 14.3 Å². The van der Waals surface area contributed by atoms with Crippen LogP contribution in [0.15, 0.2) is 51.7 Å². The molecule has 2 aromatic carbocycles. The summed E-state index contributed by atoms with van der Waals surface area (Å²) in [6, 6.07) is 12.3. The van der Waals surface area contributed by atoms with E-state index < -0.39 is 0 Å². The number of anilines is 1. The van der Waals surface area contributed by atoms with Crippen molar-refractivity contribution in [1.29, 1.82) is 0 Å². The summed E-state index contributed by atoms with van der Waals surface area (Å²) in [6.07, 6.45) is 3.40. The number of unbranched alkanes of at least 4 members (excludes halogenated alkanes) is 2. The summed E-state index contributed by atoms with van der Waals surface area (Å²) in [4.78, 5) is 36.9. The maximum atomic E-state index is 12.7. The topological polar surface area (TPSA) is 76.8 Å². The minimum absolute atomic E-state index is 0.113. The number of fused-ring (bicyclic) bond motifs is 2. The number of ether oxygens (including phenoxy) is 1. The lowest BCUT2D eigenvalue weighted by atomic mass is 10.1. The van der Waals surface area contributed by atoms with E-state index in [2.05, 4.69) is 4.74 Å². The molecule has 0 saturated carbocycles. The highest BCUT2D eigenvalue weighted by Gasteiger charge is 2.11. The van der Waals surface area contributed by atoms with E-state index in [9.17, 15) is 14.4 Å². The summed E-state index contributed by atoms with van der Waals surface area (Å²) in [5, 5.41) is 0.964. The smallest absolute Gasteiger partial charge is 0.305 e. The van der Waals surface area contributed by atoms with Gasteiger partial charge < -0.3 is 14.1 Å². The molecule has 1 heterocycles. The van der Waals surface area contributed by atoms with Crippen LogP contribution in [0, 0.1) is 0 Å². The molecule has 0 bridgehead atoms. The van der Waals surface area contributed by atoms with Crippen molar-refractivity contribution in [3.63, 3.8) is 0 Å². The van der Waals surface area contributed by atoms with Crippen molar-refractivity contribution in [2.75, 3.05) is 18.6 Å². The number of rotatable bonds is 8. The van der Waals surface area contributed by atoms with Gasteiger partial charge in [0, 0.05) is 18.7 Å². The molecule has 27 heavy (non-hydrogen) atoms. The molecule has 140 valence electrons. The maximum Gasteiger partial charge on any atom is 0.305 e. The van der Waals surface area contributed by atoms with Gasteiger partial charge in [0.2, 0.25) is 11.8 Å². The molecule has 3 aromatic rings. The average molecular weight is 367 g/mol. The fourth-order valence-electron chi connectivity index (χ4n) is 3.04. The van der Waals surface area contributed by atoms with Gasteiger partial charge in [-0.2, -0.15) is 0 Å². The fraction of sp³-hybridized carbons (Fsp3) is 0.286. The van der Waals surface area contributed by atoms with Gasteiger partial charge in [0.15, 0.2) is 0 Å². The third-order valence-corrected chi connectivity index (χ3v) is 4.53. The van der Waals surface area contributed by atoms with E-state index in [4.69, 9.17) is 4.42 Å². The van der Waals surface area contributed by atoms with Crippen LogP contribution in [0.1, 0.15) is 25.7 Å². The molecule has 3 rings (SSSR count). The van der Waals surface area contributed by atoms with E-state index in [1.165, 1.54) is 7.11 Å². The summed E-state index contributed by atoms with van der Waals surface area (Å²) < 4.78 is 10.4. The number of esters is 1. The van der Waals surface area contributed by atoms with Crippen molar-refractivity contribution in [3.8, 4) is 0 Å². The number of carbonyl (C=O) groups excluding carboxylic acids is 2. The largest absolute Gasteiger partial charge is 0.469 e. The van der Waals surface area contributed by atoms with E-state index in [1.54, 1.807) is 41.3 Å². The van der Waals surface area contributed by atoms with Crippen molar-refractivity contribution < 1.29 is 18.7 Å². The Bertz CT molecular complexity index is 1020. The predicted molar refractivity (Wildman–Crippen MR) is 104 cm³/mol. The number of benzene rings is 2. The molecular weight excluding hydrogens is 346 g/mol. The Morgan fingerprint density at radius 3 is 2.63 bits per heavy atom. The highest BCUT2D eigenvalue weighted by molar-refractivity contribution is 5.92. The summed E-state index contributed by atoms with van der Waals surface area (Å²) >= 11 is 0. The summed E-state index contributed by atoms with van der Waals surface area (Å²) in [6.45, 7) is 0.509. The molecule has 1 aromatic heterocycles. The van der Waals surface area contributed by atoms with Crippen LogP contribution in [0.4, 0.5) is 5.69 Å². The predicted octanol–water partition coefficient (Wildman–Crippen LogP) is 3.64. The Kier molecular flexibility index (Phi) is 5.86. The SMILES string of the molecule is COC(=O)CCCCCN(C=O)c1ccc2oc3ccccc3c(=O)c2c1. The lowest BCUT2D eigenvalue weighted by Crippen LogP contribution is -2.22. The highest BCUT2D eigenvalue weighted by Crippen LogP contribution is 2.23. The minimum atomic E-state index is -0.226. The van der Waals surface area contributed by atoms with E-state index in [0.29, 0.717) is 47.0 Å². The van der Waals surface area contributed by atoms with Crippen molar-refractivity contribution in [2.24, 2.45) is 0 Å². The number of methoxy groups -OCH3 is 1. The zero-order valence-electron chi connectivity index (χ0n) is 15.1. The first-order chi connectivity index (χ1) is 13.1. The number of hydrogen-bond donors (Lipinski definition) is 0. The zero-order chi connectivity index (χ0) is 19.2. The molecule has 6 nitrogen and oxygen atoms in total. The second-order valence-corrected chi connectivity index (χ2v) is 6.29. The second-order valence-electron chi connectivity index (χ2n) is 6.29. The highest BCUT2D eigenvalue weighted by atomic mass is 16.5. The minimum Gasteiger partial charge on any atom is -0.469 e. The molecule has 0 spiro atoms. The van der Waals surface area contributed by atoms with Crippen LogP contribution in [-0.4, -0.2) is 26.0 Å². The van der Waals surface area contributed by atoms with E-state index >= 15 is 0 Å². The number of nitrogens with zero attached hydrogens (tertiary/aromatic N) is 1. The van der Waals surface area contributed by atoms with Gasteiger partial charge in [0.1, 0.15) is 11.2 Å². The molecule has 6 heteroatoms. The maximum absolute atomic E-state index is 12.7. The van der Waals surface area contributed by atoms with Gasteiger partial charge in [-0.15, -0.1) is 0 Å². The average Bonchev–Trinajstić information content (AvgIpc) is 2.70. The lowest BCUT2D eigenvalue weighted by Gasteiger charge is -2.17. The van der Waals surface area contributed by atoms with Gasteiger partial charge in [-0.25, -0.2) is 0 Å². The van der Waals surface area contributed by atoms with Crippen molar-refractivity contribution in [2.45, 2.75) is 25.7 Å². The van der Waals surface area contributed by atoms with Crippen LogP contribution < -0.4 is 10.3 Å². The Balaban J connectivity index is 1.77. The Morgan fingerprint density at radius 2 is 1.85 bits per heavy atom. The van der Waals surface area contributed by atoms with Gasteiger partial charge >= 0.3 is 5.97 Å². The summed E-state index contributed by atoms with van der Waals surface area (Å²) in [5.41, 5.74) is 1.57. The molecule has 0 atom stereocenters. The normalized spacial score (nSPS) is 10.9. The van der Waals surface area contributed by atoms with Gasteiger partial charge in [-0.05, 0) is 43.2 Å². The third-order valence-electron chi connectivity index (χ3n) is 4.53. The van der Waals surface area contributed by atoms with Gasteiger partial charge in [0.25, 0.3) is 0 Å². The number of hydrogen-bond acceptors (Lipinski definition) is 5. The molecule has 0 fully saturated rings. The molecule has 0 radical (unpaired) electrons. The molecule has 0 aliphatic rings. The van der Waals surface area contributed by atoms with E-state index in [1.807, 2.05) is 6.07 Å². The number of amides is 1. The zero-order valence-corrected chi connectivity index (χ0v) is 15.1. The van der Waals surface area contributed by atoms with Gasteiger partial charge in [0.05, 0.1) is 17.9 Å². The molecule has 0 aliphatic carbocycles. The van der Waals surface area contributed by atoms with Crippen molar-refractivity contribution in [1.82, 2.24) is 0 Å². The molecule has 0 N–H and O–H groups in total. The van der Waals surface area contributed by atoms with E-state index in [-0.39, 0.29) is 11.4 Å². The Morgan fingerprint density at radius 1 is 1.07 bits per heavy atom. The molecule has 0 unspecified atom stereocenters. The van der Waals surface area contributed by atoms with Crippen LogP contribution in [0.5, 0.6) is 0 Å². The van der Waals surface area contributed by atoms with Crippen LogP contribution >= 0.6 is 0 Å². The third kappa shape index (κ3) is 4.16. The standard InChI is InChI=1S/C21H21NO5/c1-26-20(24)9-3-2-6-12-22(14-23)15-10-11-19-17(13-15)21(25)16-7-4-5-8-18(16)27-19/h4-5,7-8,10-11,13-14H,2-3,6,9,12H2,1H3. The first-order valence-electron chi connectivity index (χ1n) is 8.88. The summed E-state index contributed by atoms with van der Waals surface area (Å²) in [5.74, 6) is -0.226. The van der Waals surface area contributed by atoms with Crippen molar-refractivity contribution >= 4 is 40.0 Å². The fourth-order valence-corrected chi connectivity index (χ4v) is 3.04. The van der Waals surface area contributed by atoms with Gasteiger partial charge in [-0.3, -0.25) is 14.4 Å². The molecule has 1 amide bonds. The van der Waals surface area contributed by atoms with Crippen LogP contribution in [0.3, 0.4) is 0 Å². The van der Waals surface area contributed by atoms with E-state index in [0.717, 1.165) is 19.3 Å². The van der Waals surface area contributed by atoms with Crippen LogP contribution in [0.2, 0.25) is 0 Å². The monoisotopic (exact) mass is 367 g/mol. The first-order valence-corrected chi connectivity index (χ1v) is 8.88. The molecular formula is C21H21NO5. The number of carbonyl (C=O) groups is 2. The first kappa shape index (κ1) is 18.6. The quantitative estimate of drug-likeness (QED) is 0.263. The van der Waals surface area contributed by atoms with Gasteiger partial charge in [-0.1, -0.05) is 18.6 Å². The Hall–Kier alpha value is -3.15. The second kappa shape index (κ2) is 8.49. The summed E-state index contributed by atoms with van der Waals surface area (Å²) in [7, 11) is 1.37. The van der Waals surface area contributed by atoms with Crippen molar-refractivity contribution in [3.05, 3.63) is 52.7 Å². The lowest BCUT2D eigenvalue weighted by molar-refractivity contribution is -0.140. The van der Waals surface area contributed by atoms with Crippen LogP contribution in [0.25, 0.3) is 21.9 Å². The molecule has 0 saturated heterocycles. The number of para-hydroxylation sites is 1.